The number of amides is 1. The van der Waals surface area contributed by atoms with Crippen LogP contribution in [0.4, 0.5) is 5.69 Å². The van der Waals surface area contributed by atoms with E-state index < -0.39 is 10.0 Å². The van der Waals surface area contributed by atoms with Gasteiger partial charge in [0.05, 0.1) is 18.5 Å². The van der Waals surface area contributed by atoms with Crippen LogP contribution >= 0.6 is 0 Å². The van der Waals surface area contributed by atoms with Gasteiger partial charge in [-0.15, -0.1) is 0 Å². The maximum atomic E-state index is 12.5. The van der Waals surface area contributed by atoms with E-state index in [1.165, 1.54) is 6.07 Å². The highest BCUT2D eigenvalue weighted by Gasteiger charge is 2.23. The predicted molar refractivity (Wildman–Crippen MR) is 102 cm³/mol. The molecule has 1 fully saturated rings. The highest BCUT2D eigenvalue weighted by atomic mass is 32.2. The number of anilines is 1. The number of furan rings is 1. The van der Waals surface area contributed by atoms with Crippen LogP contribution in [-0.4, -0.2) is 52.5 Å². The van der Waals surface area contributed by atoms with Crippen LogP contribution in [0.2, 0.25) is 0 Å². The fourth-order valence-corrected chi connectivity index (χ4v) is 3.82. The first-order valence-corrected chi connectivity index (χ1v) is 10.2. The zero-order chi connectivity index (χ0) is 19.6. The normalized spacial score (nSPS) is 15.7. The topological polar surface area (TPSA) is 109 Å². The second-order valence-electron chi connectivity index (χ2n) is 6.73. The molecule has 1 aromatic carbocycles. The maximum Gasteiger partial charge on any atom is 0.251 e. The minimum Gasteiger partial charge on any atom is -0.467 e. The number of likely N-dealkylation sites (N-methyl/N-ethyl adjacent to an activating group) is 1. The highest BCUT2D eigenvalue weighted by Crippen LogP contribution is 2.26. The summed E-state index contributed by atoms with van der Waals surface area (Å²) in [7, 11) is -1.95. The van der Waals surface area contributed by atoms with E-state index in [2.05, 4.69) is 10.2 Å². The minimum absolute atomic E-state index is 0.0334. The van der Waals surface area contributed by atoms with Crippen molar-refractivity contribution in [1.82, 2.24) is 10.2 Å². The van der Waals surface area contributed by atoms with E-state index in [4.69, 9.17) is 9.56 Å². The molecule has 1 saturated heterocycles. The van der Waals surface area contributed by atoms with E-state index in [0.717, 1.165) is 18.7 Å². The summed E-state index contributed by atoms with van der Waals surface area (Å²) in [6, 6.07) is 6.42. The average Bonchev–Trinajstić information content (AvgIpc) is 3.04. The minimum atomic E-state index is -3.97. The SMILES string of the molecule is Cc1ccoc1CNC(=O)c1ccc(N2CCN(C)CC2)c(S(N)(=O)=O)c1. The quantitative estimate of drug-likeness (QED) is 0.783. The second kappa shape index (κ2) is 7.71. The molecular formula is C18H24N4O4S. The van der Waals surface area contributed by atoms with Crippen molar-refractivity contribution in [2.75, 3.05) is 38.1 Å². The lowest BCUT2D eigenvalue weighted by molar-refractivity contribution is 0.0948. The molecule has 2 aromatic rings. The summed E-state index contributed by atoms with van der Waals surface area (Å²) in [5.41, 5.74) is 1.70. The molecule has 0 unspecified atom stereocenters. The van der Waals surface area contributed by atoms with Gasteiger partial charge in [0.2, 0.25) is 10.0 Å². The van der Waals surface area contributed by atoms with E-state index in [-0.39, 0.29) is 22.9 Å². The number of rotatable bonds is 5. The molecule has 8 nitrogen and oxygen atoms in total. The monoisotopic (exact) mass is 392 g/mol. The lowest BCUT2D eigenvalue weighted by atomic mass is 10.1. The highest BCUT2D eigenvalue weighted by molar-refractivity contribution is 7.89. The van der Waals surface area contributed by atoms with E-state index in [1.807, 2.05) is 24.9 Å². The molecule has 0 aliphatic carbocycles. The molecule has 0 radical (unpaired) electrons. The Labute approximate surface area is 159 Å². The third kappa shape index (κ3) is 4.49. The van der Waals surface area contributed by atoms with E-state index in [9.17, 15) is 13.2 Å². The fraction of sp³-hybridized carbons (Fsp3) is 0.389. The number of primary sulfonamides is 1. The largest absolute Gasteiger partial charge is 0.467 e. The Kier molecular flexibility index (Phi) is 5.54. The number of hydrogen-bond donors (Lipinski definition) is 2. The number of benzene rings is 1. The molecule has 1 amide bonds. The Hall–Kier alpha value is -2.36. The van der Waals surface area contributed by atoms with Crippen LogP contribution in [0.1, 0.15) is 21.7 Å². The van der Waals surface area contributed by atoms with Gasteiger partial charge in [-0.1, -0.05) is 0 Å². The first kappa shape index (κ1) is 19.4. The molecular weight excluding hydrogens is 368 g/mol. The van der Waals surface area contributed by atoms with Crippen LogP contribution in [0.25, 0.3) is 0 Å². The molecule has 2 heterocycles. The first-order chi connectivity index (χ1) is 12.8. The summed E-state index contributed by atoms with van der Waals surface area (Å²) in [6.45, 7) is 5.16. The van der Waals surface area contributed by atoms with Crippen LogP contribution in [0.5, 0.6) is 0 Å². The smallest absolute Gasteiger partial charge is 0.251 e. The molecule has 1 aliphatic rings. The molecule has 3 N–H and O–H groups in total. The van der Waals surface area contributed by atoms with Gasteiger partial charge >= 0.3 is 0 Å². The average molecular weight is 392 g/mol. The fourth-order valence-electron chi connectivity index (χ4n) is 3.04. The number of nitrogens with one attached hydrogen (secondary N) is 1. The number of nitrogens with zero attached hydrogens (tertiary/aromatic N) is 2. The van der Waals surface area contributed by atoms with Crippen molar-refractivity contribution in [3.8, 4) is 0 Å². The third-order valence-electron chi connectivity index (χ3n) is 4.75. The Bertz CT molecular complexity index is 931. The van der Waals surface area contributed by atoms with Gasteiger partial charge in [0.25, 0.3) is 5.91 Å². The Morgan fingerprint density at radius 2 is 1.93 bits per heavy atom. The standard InChI is InChI=1S/C18H24N4O4S/c1-13-5-10-26-16(13)12-20-18(23)14-3-4-15(17(11-14)27(19,24)25)22-8-6-21(2)7-9-22/h3-5,10-11H,6-9,12H2,1-2H3,(H,20,23)(H2,19,24,25). The van der Waals surface area contributed by atoms with Gasteiger partial charge in [-0.3, -0.25) is 4.79 Å². The third-order valence-corrected chi connectivity index (χ3v) is 5.69. The summed E-state index contributed by atoms with van der Waals surface area (Å²) < 4.78 is 29.5. The van der Waals surface area contributed by atoms with Crippen LogP contribution in [0, 0.1) is 6.92 Å². The molecule has 146 valence electrons. The Balaban J connectivity index is 1.83. The molecule has 3 rings (SSSR count). The number of sulfonamides is 1. The Morgan fingerprint density at radius 3 is 2.52 bits per heavy atom. The van der Waals surface area contributed by atoms with Crippen molar-refractivity contribution in [2.24, 2.45) is 5.14 Å². The van der Waals surface area contributed by atoms with Crippen molar-refractivity contribution in [1.29, 1.82) is 0 Å². The summed E-state index contributed by atoms with van der Waals surface area (Å²) in [6.07, 6.45) is 1.56. The zero-order valence-corrected chi connectivity index (χ0v) is 16.3. The van der Waals surface area contributed by atoms with E-state index in [0.29, 0.717) is 24.5 Å². The molecule has 0 bridgehead atoms. The van der Waals surface area contributed by atoms with E-state index >= 15 is 0 Å². The molecule has 1 aromatic heterocycles. The van der Waals surface area contributed by atoms with Crippen LogP contribution in [0.15, 0.2) is 39.8 Å². The summed E-state index contributed by atoms with van der Waals surface area (Å²) in [5, 5.41) is 8.16. The van der Waals surface area contributed by atoms with Crippen LogP contribution in [0.3, 0.4) is 0 Å². The van der Waals surface area contributed by atoms with Gasteiger partial charge in [-0.05, 0) is 43.8 Å². The number of hydrogen-bond acceptors (Lipinski definition) is 6. The number of carbonyl (C=O) groups excluding carboxylic acids is 1. The van der Waals surface area contributed by atoms with Gasteiger partial charge in [-0.2, -0.15) is 0 Å². The van der Waals surface area contributed by atoms with Crippen molar-refractivity contribution in [3.05, 3.63) is 47.4 Å². The first-order valence-electron chi connectivity index (χ1n) is 8.67. The van der Waals surface area contributed by atoms with Gasteiger partial charge in [0.1, 0.15) is 10.7 Å². The lowest BCUT2D eigenvalue weighted by Gasteiger charge is -2.34. The maximum absolute atomic E-state index is 12.5. The molecule has 9 heteroatoms. The molecule has 0 spiro atoms. The lowest BCUT2D eigenvalue weighted by Crippen LogP contribution is -2.45. The van der Waals surface area contributed by atoms with E-state index in [1.54, 1.807) is 18.4 Å². The summed E-state index contributed by atoms with van der Waals surface area (Å²) in [5.74, 6) is 0.268. The molecule has 27 heavy (non-hydrogen) atoms. The zero-order valence-electron chi connectivity index (χ0n) is 15.4. The number of aryl methyl sites for hydroxylation is 1. The van der Waals surface area contributed by atoms with Crippen LogP contribution in [-0.2, 0) is 16.6 Å². The van der Waals surface area contributed by atoms with Gasteiger partial charge in [-0.25, -0.2) is 13.6 Å². The molecule has 0 atom stereocenters. The summed E-state index contributed by atoms with van der Waals surface area (Å²) in [4.78, 5) is 16.6. The summed E-state index contributed by atoms with van der Waals surface area (Å²) >= 11 is 0. The number of carbonyl (C=O) groups is 1. The van der Waals surface area contributed by atoms with Crippen molar-refractivity contribution in [3.63, 3.8) is 0 Å². The van der Waals surface area contributed by atoms with Gasteiger partial charge in [0.15, 0.2) is 0 Å². The van der Waals surface area contributed by atoms with Crippen LogP contribution < -0.4 is 15.4 Å². The molecule has 0 saturated carbocycles. The number of nitrogens with two attached hydrogens (primary N) is 1. The van der Waals surface area contributed by atoms with Gasteiger partial charge < -0.3 is 19.5 Å². The second-order valence-corrected chi connectivity index (χ2v) is 8.26. The Morgan fingerprint density at radius 1 is 1.22 bits per heavy atom. The van der Waals surface area contributed by atoms with Gasteiger partial charge in [0, 0.05) is 31.7 Å². The van der Waals surface area contributed by atoms with Crippen molar-refractivity contribution < 1.29 is 17.6 Å². The van der Waals surface area contributed by atoms with Crippen molar-refractivity contribution >= 4 is 21.6 Å². The van der Waals surface area contributed by atoms with Crippen molar-refractivity contribution in [2.45, 2.75) is 18.4 Å². The predicted octanol–water partition coefficient (Wildman–Crippen LogP) is 0.917. The molecule has 1 aliphatic heterocycles. The number of piperazine rings is 1.